The molecule has 0 aliphatic carbocycles. The highest BCUT2D eigenvalue weighted by Gasteiger charge is 2.27. The fraction of sp³-hybridized carbons (Fsp3) is 0.435. The molecule has 0 saturated carbocycles. The maximum atomic E-state index is 12.3. The Morgan fingerprint density at radius 1 is 1.16 bits per heavy atom. The number of furan rings is 1. The summed E-state index contributed by atoms with van der Waals surface area (Å²) < 4.78 is 7.60. The Kier molecular flexibility index (Phi) is 7.49. The minimum atomic E-state index is -0.222. The average Bonchev–Trinajstić information content (AvgIpc) is 3.43. The van der Waals surface area contributed by atoms with Gasteiger partial charge in [-0.25, -0.2) is 5.48 Å². The quantitative estimate of drug-likeness (QED) is 0.389. The molecule has 2 atom stereocenters. The van der Waals surface area contributed by atoms with Crippen molar-refractivity contribution in [2.75, 3.05) is 23.7 Å². The minimum absolute atomic E-state index is 0.178. The van der Waals surface area contributed by atoms with Crippen LogP contribution < -0.4 is 10.4 Å². The van der Waals surface area contributed by atoms with Crippen LogP contribution in [0.25, 0.3) is 0 Å². The lowest BCUT2D eigenvalue weighted by Crippen LogP contribution is -2.40. The van der Waals surface area contributed by atoms with Gasteiger partial charge in [-0.05, 0) is 36.0 Å². The number of nitrogens with one attached hydrogen (secondary N) is 1. The summed E-state index contributed by atoms with van der Waals surface area (Å²) in [5.74, 6) is 2.79. The van der Waals surface area contributed by atoms with E-state index in [0.29, 0.717) is 30.1 Å². The van der Waals surface area contributed by atoms with Crippen molar-refractivity contribution in [1.82, 2.24) is 20.2 Å². The van der Waals surface area contributed by atoms with E-state index in [1.54, 1.807) is 6.26 Å². The molecule has 2 aromatic heterocycles. The number of benzene rings is 1. The molecule has 1 aliphatic rings. The third-order valence-electron chi connectivity index (χ3n) is 5.34. The van der Waals surface area contributed by atoms with Gasteiger partial charge in [-0.1, -0.05) is 55.9 Å². The second kappa shape index (κ2) is 10.7. The van der Waals surface area contributed by atoms with Crippen LogP contribution in [0.2, 0.25) is 0 Å². The number of carbonyl (C=O) groups is 1. The van der Waals surface area contributed by atoms with Gasteiger partial charge in [0.1, 0.15) is 5.76 Å². The first-order valence-corrected chi connectivity index (χ1v) is 11.8. The highest BCUT2D eigenvalue weighted by molar-refractivity contribution is 7.99. The Morgan fingerprint density at radius 2 is 1.94 bits per heavy atom. The molecule has 1 N–H and O–H groups in total. The smallest absolute Gasteiger partial charge is 0.254 e. The molecular weight excluding hydrogens is 426 g/mol. The zero-order chi connectivity index (χ0) is 22.3. The topological polar surface area (TPSA) is 85.4 Å². The molecule has 170 valence electrons. The molecule has 32 heavy (non-hydrogen) atoms. The molecule has 8 nitrogen and oxygen atoms in total. The van der Waals surface area contributed by atoms with Gasteiger partial charge in [-0.3, -0.25) is 14.2 Å². The van der Waals surface area contributed by atoms with E-state index in [0.717, 1.165) is 30.4 Å². The number of hydroxylamine groups is 1. The van der Waals surface area contributed by atoms with Crippen molar-refractivity contribution in [2.45, 2.75) is 38.6 Å². The normalized spacial score (nSPS) is 18.6. The zero-order valence-corrected chi connectivity index (χ0v) is 19.3. The van der Waals surface area contributed by atoms with Crippen molar-refractivity contribution < 1.29 is 14.0 Å². The fourth-order valence-electron chi connectivity index (χ4n) is 4.08. The Morgan fingerprint density at radius 3 is 2.66 bits per heavy atom. The SMILES string of the molecule is CC1CC(C)CN(c2nnc(SCC(=O)NOCc3ccccc3)n2Cc2ccco2)C1. The molecule has 2 unspecified atom stereocenters. The molecule has 0 radical (unpaired) electrons. The first-order chi connectivity index (χ1) is 15.6. The third kappa shape index (κ3) is 5.92. The van der Waals surface area contributed by atoms with E-state index in [1.807, 2.05) is 47.0 Å². The number of piperidine rings is 1. The Labute approximate surface area is 192 Å². The molecule has 1 saturated heterocycles. The monoisotopic (exact) mass is 455 g/mol. The summed E-state index contributed by atoms with van der Waals surface area (Å²) in [4.78, 5) is 19.9. The maximum absolute atomic E-state index is 12.3. The Bertz CT molecular complexity index is 982. The van der Waals surface area contributed by atoms with Crippen LogP contribution >= 0.6 is 11.8 Å². The van der Waals surface area contributed by atoms with E-state index in [1.165, 1.54) is 18.2 Å². The lowest BCUT2D eigenvalue weighted by atomic mass is 9.92. The molecule has 9 heteroatoms. The van der Waals surface area contributed by atoms with E-state index in [-0.39, 0.29) is 11.7 Å². The van der Waals surface area contributed by atoms with Crippen LogP contribution in [0.1, 0.15) is 31.6 Å². The third-order valence-corrected chi connectivity index (χ3v) is 6.31. The largest absolute Gasteiger partial charge is 0.467 e. The summed E-state index contributed by atoms with van der Waals surface area (Å²) in [5.41, 5.74) is 3.50. The molecule has 1 aliphatic heterocycles. The lowest BCUT2D eigenvalue weighted by molar-refractivity contribution is -0.131. The molecule has 3 aromatic rings. The van der Waals surface area contributed by atoms with Crippen LogP contribution in [0.4, 0.5) is 5.95 Å². The predicted octanol–water partition coefficient (Wildman–Crippen LogP) is 3.74. The number of aromatic nitrogens is 3. The van der Waals surface area contributed by atoms with Crippen LogP contribution in [0.3, 0.4) is 0 Å². The number of rotatable bonds is 9. The standard InChI is InChI=1S/C23H29N5O3S/c1-17-11-18(2)13-27(12-17)22-24-25-23(28(22)14-20-9-6-10-30-20)32-16-21(29)26-31-15-19-7-4-3-5-8-19/h3-10,17-18H,11-16H2,1-2H3,(H,26,29). The van der Waals surface area contributed by atoms with Crippen LogP contribution in [0, 0.1) is 11.8 Å². The number of carbonyl (C=O) groups excluding carboxylic acids is 1. The molecule has 4 rings (SSSR count). The number of hydrogen-bond donors (Lipinski definition) is 1. The molecule has 3 heterocycles. The Hall–Kier alpha value is -2.78. The van der Waals surface area contributed by atoms with Gasteiger partial charge in [0.15, 0.2) is 5.16 Å². The first-order valence-electron chi connectivity index (χ1n) is 10.9. The van der Waals surface area contributed by atoms with Crippen LogP contribution in [-0.4, -0.2) is 39.5 Å². The second-order valence-electron chi connectivity index (χ2n) is 8.39. The van der Waals surface area contributed by atoms with Gasteiger partial charge in [0.05, 0.1) is 25.2 Å². The van der Waals surface area contributed by atoms with Crippen molar-refractivity contribution in [3.8, 4) is 0 Å². The van der Waals surface area contributed by atoms with Crippen LogP contribution in [0.15, 0.2) is 58.3 Å². The summed E-state index contributed by atoms with van der Waals surface area (Å²) in [5, 5.41) is 9.56. The van der Waals surface area contributed by atoms with Crippen molar-refractivity contribution in [3.05, 3.63) is 60.1 Å². The minimum Gasteiger partial charge on any atom is -0.467 e. The zero-order valence-electron chi connectivity index (χ0n) is 18.4. The number of hydrogen-bond acceptors (Lipinski definition) is 7. The van der Waals surface area contributed by atoms with E-state index in [9.17, 15) is 4.79 Å². The van der Waals surface area contributed by atoms with Gasteiger partial charge in [0, 0.05) is 13.1 Å². The van der Waals surface area contributed by atoms with Gasteiger partial charge in [-0.15, -0.1) is 10.2 Å². The van der Waals surface area contributed by atoms with Crippen LogP contribution in [-0.2, 0) is 22.8 Å². The highest BCUT2D eigenvalue weighted by atomic mass is 32.2. The molecule has 0 bridgehead atoms. The predicted molar refractivity (Wildman–Crippen MR) is 123 cm³/mol. The summed E-state index contributed by atoms with van der Waals surface area (Å²) in [6.45, 7) is 7.26. The first kappa shape index (κ1) is 22.4. The van der Waals surface area contributed by atoms with Gasteiger partial charge >= 0.3 is 0 Å². The number of anilines is 1. The molecule has 1 amide bonds. The maximum Gasteiger partial charge on any atom is 0.254 e. The molecular formula is C23H29N5O3S. The number of amides is 1. The summed E-state index contributed by atoms with van der Waals surface area (Å²) in [7, 11) is 0. The number of nitrogens with zero attached hydrogens (tertiary/aromatic N) is 4. The van der Waals surface area contributed by atoms with Gasteiger partial charge < -0.3 is 9.32 Å². The summed E-state index contributed by atoms with van der Waals surface area (Å²) in [6.07, 6.45) is 2.88. The molecule has 1 fully saturated rings. The molecule has 1 aromatic carbocycles. The van der Waals surface area contributed by atoms with Gasteiger partial charge in [0.25, 0.3) is 5.91 Å². The van der Waals surface area contributed by atoms with Crippen LogP contribution in [0.5, 0.6) is 0 Å². The van der Waals surface area contributed by atoms with E-state index < -0.39 is 0 Å². The Balaban J connectivity index is 1.40. The number of thioether (sulfide) groups is 1. The van der Waals surface area contributed by atoms with Crippen molar-refractivity contribution in [2.24, 2.45) is 11.8 Å². The van der Waals surface area contributed by atoms with Gasteiger partial charge in [-0.2, -0.15) is 0 Å². The van der Waals surface area contributed by atoms with Gasteiger partial charge in [0.2, 0.25) is 5.95 Å². The molecule has 0 spiro atoms. The fourth-order valence-corrected chi connectivity index (χ4v) is 4.80. The van der Waals surface area contributed by atoms with Crippen molar-refractivity contribution in [1.29, 1.82) is 0 Å². The summed E-state index contributed by atoms with van der Waals surface area (Å²) >= 11 is 1.34. The van der Waals surface area contributed by atoms with E-state index >= 15 is 0 Å². The summed E-state index contributed by atoms with van der Waals surface area (Å²) in [6, 6.07) is 13.5. The van der Waals surface area contributed by atoms with E-state index in [2.05, 4.69) is 34.4 Å². The average molecular weight is 456 g/mol. The van der Waals surface area contributed by atoms with E-state index in [4.69, 9.17) is 9.25 Å². The highest BCUT2D eigenvalue weighted by Crippen LogP contribution is 2.29. The van der Waals surface area contributed by atoms with Crippen molar-refractivity contribution >= 4 is 23.6 Å². The van der Waals surface area contributed by atoms with Crippen molar-refractivity contribution in [3.63, 3.8) is 0 Å². The second-order valence-corrected chi connectivity index (χ2v) is 9.33. The lowest BCUT2D eigenvalue weighted by Gasteiger charge is -2.35.